The number of carbonyl (C=O) groups is 3. The molecule has 0 aliphatic carbocycles. The van der Waals surface area contributed by atoms with Crippen molar-refractivity contribution in [1.82, 2.24) is 10.6 Å². The first kappa shape index (κ1) is 23.9. The van der Waals surface area contributed by atoms with Gasteiger partial charge in [-0.1, -0.05) is 48.5 Å². The molecule has 0 aromatic heterocycles. The van der Waals surface area contributed by atoms with Gasteiger partial charge in [0.1, 0.15) is 12.2 Å². The van der Waals surface area contributed by atoms with Crippen LogP contribution in [0.15, 0.2) is 60.7 Å². The Morgan fingerprint density at radius 3 is 2.38 bits per heavy atom. The van der Waals surface area contributed by atoms with Gasteiger partial charge in [0.15, 0.2) is 0 Å². The Bertz CT molecular complexity index is 976. The lowest BCUT2D eigenvalue weighted by Gasteiger charge is -2.22. The van der Waals surface area contributed by atoms with Gasteiger partial charge in [-0.05, 0) is 43.5 Å². The predicted octanol–water partition coefficient (Wildman–Crippen LogP) is 2.12. The Kier molecular flexibility index (Phi) is 8.33. The SMILES string of the molecule is O=C(CP(=O)(O)CC(Cc1ccccc1)NC(=O)c1ccccc1)OC(=O)[C@@H]1CCCN1. The van der Waals surface area contributed by atoms with Crippen molar-refractivity contribution in [2.75, 3.05) is 18.9 Å². The third-order valence-electron chi connectivity index (χ3n) is 5.14. The molecule has 8 nitrogen and oxygen atoms in total. The Labute approximate surface area is 186 Å². The Morgan fingerprint density at radius 1 is 1.09 bits per heavy atom. The van der Waals surface area contributed by atoms with Crippen molar-refractivity contribution in [3.63, 3.8) is 0 Å². The number of carbonyl (C=O) groups excluding carboxylic acids is 3. The standard InChI is InChI=1S/C23H27N2O6P/c26-21(31-23(28)20-12-7-13-24-20)16-32(29,30)15-19(14-17-8-3-1-4-9-17)25-22(27)18-10-5-2-6-11-18/h1-6,8-11,19-20,24H,7,12-16H2,(H,25,27)(H,29,30)/t19?,20-/m0/s1. The highest BCUT2D eigenvalue weighted by Gasteiger charge is 2.32. The Morgan fingerprint density at radius 2 is 1.75 bits per heavy atom. The first-order valence-corrected chi connectivity index (χ1v) is 12.5. The van der Waals surface area contributed by atoms with Crippen LogP contribution in [0.5, 0.6) is 0 Å². The second-order valence-corrected chi connectivity index (χ2v) is 10.2. The van der Waals surface area contributed by atoms with E-state index in [0.29, 0.717) is 24.9 Å². The quantitative estimate of drug-likeness (QED) is 0.299. The molecule has 1 fully saturated rings. The number of amides is 1. The lowest BCUT2D eigenvalue weighted by atomic mass is 10.1. The third-order valence-corrected chi connectivity index (χ3v) is 6.90. The van der Waals surface area contributed by atoms with E-state index in [1.54, 1.807) is 30.3 Å². The number of hydrogen-bond acceptors (Lipinski definition) is 6. The maximum Gasteiger partial charge on any atom is 0.330 e. The summed E-state index contributed by atoms with van der Waals surface area (Å²) in [5.74, 6) is -2.15. The highest BCUT2D eigenvalue weighted by Crippen LogP contribution is 2.41. The summed E-state index contributed by atoms with van der Waals surface area (Å²) in [6.07, 6.45) is 0.551. The van der Waals surface area contributed by atoms with E-state index >= 15 is 0 Å². The molecule has 0 radical (unpaired) electrons. The minimum atomic E-state index is -4.04. The molecule has 2 unspecified atom stereocenters. The van der Waals surface area contributed by atoms with Crippen LogP contribution >= 0.6 is 7.37 Å². The zero-order valence-corrected chi connectivity index (χ0v) is 18.5. The fourth-order valence-corrected chi connectivity index (χ4v) is 5.14. The summed E-state index contributed by atoms with van der Waals surface area (Å²) in [5.41, 5.74) is 1.29. The maximum absolute atomic E-state index is 12.8. The molecule has 1 aliphatic heterocycles. The number of benzene rings is 2. The Hall–Kier alpha value is -2.80. The van der Waals surface area contributed by atoms with Crippen molar-refractivity contribution in [1.29, 1.82) is 0 Å². The number of hydrogen-bond donors (Lipinski definition) is 3. The van der Waals surface area contributed by atoms with Gasteiger partial charge in [-0.2, -0.15) is 0 Å². The van der Waals surface area contributed by atoms with Crippen LogP contribution in [0.25, 0.3) is 0 Å². The van der Waals surface area contributed by atoms with Gasteiger partial charge in [-0.25, -0.2) is 4.79 Å². The van der Waals surface area contributed by atoms with E-state index in [0.717, 1.165) is 12.0 Å². The molecule has 0 saturated carbocycles. The van der Waals surface area contributed by atoms with Gasteiger partial charge in [0.25, 0.3) is 5.91 Å². The van der Waals surface area contributed by atoms with Crippen molar-refractivity contribution in [2.24, 2.45) is 0 Å². The average molecular weight is 458 g/mol. The largest absolute Gasteiger partial charge is 0.392 e. The van der Waals surface area contributed by atoms with Crippen molar-refractivity contribution >= 4 is 25.2 Å². The first-order valence-electron chi connectivity index (χ1n) is 10.5. The van der Waals surface area contributed by atoms with Crippen LogP contribution in [0.3, 0.4) is 0 Å². The van der Waals surface area contributed by atoms with Crippen LogP contribution in [0.1, 0.15) is 28.8 Å². The zero-order valence-electron chi connectivity index (χ0n) is 17.6. The molecule has 1 amide bonds. The van der Waals surface area contributed by atoms with E-state index in [2.05, 4.69) is 10.6 Å². The molecule has 9 heteroatoms. The molecular weight excluding hydrogens is 431 g/mol. The monoisotopic (exact) mass is 458 g/mol. The fraction of sp³-hybridized carbons (Fsp3) is 0.348. The van der Waals surface area contributed by atoms with Gasteiger partial charge >= 0.3 is 11.9 Å². The van der Waals surface area contributed by atoms with Crippen LogP contribution in [0.4, 0.5) is 0 Å². The molecule has 170 valence electrons. The summed E-state index contributed by atoms with van der Waals surface area (Å²) in [4.78, 5) is 47.2. The summed E-state index contributed by atoms with van der Waals surface area (Å²) in [6.45, 7) is 0.661. The summed E-state index contributed by atoms with van der Waals surface area (Å²) in [5, 5.41) is 5.71. The zero-order chi connectivity index (χ0) is 23.0. The van der Waals surface area contributed by atoms with Gasteiger partial charge < -0.3 is 20.3 Å². The molecular formula is C23H27N2O6P. The molecule has 32 heavy (non-hydrogen) atoms. The number of nitrogens with one attached hydrogen (secondary N) is 2. The molecule has 3 atom stereocenters. The average Bonchev–Trinajstić information content (AvgIpc) is 3.29. The topological polar surface area (TPSA) is 122 Å². The van der Waals surface area contributed by atoms with Crippen LogP contribution < -0.4 is 10.6 Å². The van der Waals surface area contributed by atoms with Crippen LogP contribution in [0, 0.1) is 0 Å². The molecule has 3 N–H and O–H groups in total. The fourth-order valence-electron chi connectivity index (χ4n) is 3.63. The highest BCUT2D eigenvalue weighted by molar-refractivity contribution is 7.59. The highest BCUT2D eigenvalue weighted by atomic mass is 31.2. The molecule has 1 aliphatic rings. The van der Waals surface area contributed by atoms with E-state index in [1.807, 2.05) is 30.3 Å². The van der Waals surface area contributed by atoms with E-state index in [9.17, 15) is 23.8 Å². The van der Waals surface area contributed by atoms with Crippen molar-refractivity contribution in [2.45, 2.75) is 31.3 Å². The predicted molar refractivity (Wildman–Crippen MR) is 120 cm³/mol. The summed E-state index contributed by atoms with van der Waals surface area (Å²) in [7, 11) is -4.04. The summed E-state index contributed by atoms with van der Waals surface area (Å²) >= 11 is 0. The van der Waals surface area contributed by atoms with Gasteiger partial charge in [-0.3, -0.25) is 14.2 Å². The number of rotatable bonds is 9. The van der Waals surface area contributed by atoms with Gasteiger partial charge in [0, 0.05) is 17.8 Å². The minimum absolute atomic E-state index is 0.309. The molecule has 3 rings (SSSR count). The van der Waals surface area contributed by atoms with E-state index in [4.69, 9.17) is 4.74 Å². The second-order valence-electron chi connectivity index (χ2n) is 7.86. The van der Waals surface area contributed by atoms with E-state index in [-0.39, 0.29) is 12.1 Å². The summed E-state index contributed by atoms with van der Waals surface area (Å²) < 4.78 is 17.6. The van der Waals surface area contributed by atoms with Crippen molar-refractivity contribution in [3.05, 3.63) is 71.8 Å². The minimum Gasteiger partial charge on any atom is -0.392 e. The lowest BCUT2D eigenvalue weighted by Crippen LogP contribution is -2.39. The Balaban J connectivity index is 1.64. The third kappa shape index (κ3) is 7.41. The van der Waals surface area contributed by atoms with Gasteiger partial charge in [0.2, 0.25) is 7.37 Å². The normalized spacial score (nSPS) is 18.3. The number of ether oxygens (including phenoxy) is 1. The summed E-state index contributed by atoms with van der Waals surface area (Å²) in [6, 6.07) is 16.5. The number of esters is 2. The first-order chi connectivity index (χ1) is 15.3. The molecule has 2 aromatic rings. The van der Waals surface area contributed by atoms with Crippen molar-refractivity contribution in [3.8, 4) is 0 Å². The molecule has 1 heterocycles. The molecule has 0 bridgehead atoms. The van der Waals surface area contributed by atoms with Gasteiger partial charge in [-0.15, -0.1) is 0 Å². The lowest BCUT2D eigenvalue weighted by molar-refractivity contribution is -0.159. The van der Waals surface area contributed by atoms with Crippen LogP contribution in [0.2, 0.25) is 0 Å². The van der Waals surface area contributed by atoms with Crippen LogP contribution in [-0.2, 0) is 25.3 Å². The van der Waals surface area contributed by atoms with E-state index < -0.39 is 37.6 Å². The van der Waals surface area contributed by atoms with Gasteiger partial charge in [0.05, 0.1) is 0 Å². The molecule has 0 spiro atoms. The molecule has 1 saturated heterocycles. The van der Waals surface area contributed by atoms with Crippen LogP contribution in [-0.4, -0.2) is 53.7 Å². The second kappa shape index (κ2) is 11.2. The maximum atomic E-state index is 12.8. The van der Waals surface area contributed by atoms with E-state index in [1.165, 1.54) is 0 Å². The molecule has 2 aromatic carbocycles. The smallest absolute Gasteiger partial charge is 0.330 e. The van der Waals surface area contributed by atoms with Crippen molar-refractivity contribution < 1.29 is 28.6 Å².